The predicted octanol–water partition coefficient (Wildman–Crippen LogP) is 2.19. The van der Waals surface area contributed by atoms with E-state index in [0.717, 1.165) is 36.7 Å². The standard InChI is InChI=1S/C14H16N4O/c1-10-12(11-4-2-3-5-13(11)19-10)8-15-7-6-14-16-9-17-18-14/h2-5,9,15H,6-8H2,1H3,(H,16,17,18). The molecule has 0 saturated heterocycles. The maximum absolute atomic E-state index is 5.73. The topological polar surface area (TPSA) is 66.7 Å². The van der Waals surface area contributed by atoms with E-state index in [4.69, 9.17) is 4.42 Å². The minimum absolute atomic E-state index is 0.803. The first kappa shape index (κ1) is 11.9. The van der Waals surface area contributed by atoms with Gasteiger partial charge in [0.05, 0.1) is 0 Å². The molecule has 2 N–H and O–H groups in total. The second kappa shape index (κ2) is 5.24. The van der Waals surface area contributed by atoms with Gasteiger partial charge in [0.2, 0.25) is 0 Å². The number of H-pyrrole nitrogens is 1. The first-order chi connectivity index (χ1) is 9.34. The lowest BCUT2D eigenvalue weighted by molar-refractivity contribution is 0.564. The number of fused-ring (bicyclic) bond motifs is 1. The summed E-state index contributed by atoms with van der Waals surface area (Å²) < 4.78 is 5.73. The average Bonchev–Trinajstić information content (AvgIpc) is 3.02. The van der Waals surface area contributed by atoms with Gasteiger partial charge in [-0.05, 0) is 13.0 Å². The van der Waals surface area contributed by atoms with Gasteiger partial charge < -0.3 is 9.73 Å². The number of nitrogens with zero attached hydrogens (tertiary/aromatic N) is 2. The van der Waals surface area contributed by atoms with E-state index in [-0.39, 0.29) is 0 Å². The number of furan rings is 1. The van der Waals surface area contributed by atoms with Gasteiger partial charge in [-0.2, -0.15) is 5.10 Å². The Morgan fingerprint density at radius 3 is 3.05 bits per heavy atom. The van der Waals surface area contributed by atoms with E-state index in [2.05, 4.69) is 26.6 Å². The number of hydrogen-bond acceptors (Lipinski definition) is 4. The first-order valence-corrected chi connectivity index (χ1v) is 6.36. The van der Waals surface area contributed by atoms with E-state index in [1.807, 2.05) is 25.1 Å². The molecule has 1 aromatic carbocycles. The Hall–Kier alpha value is -2.14. The average molecular weight is 256 g/mol. The van der Waals surface area contributed by atoms with Crippen molar-refractivity contribution in [2.75, 3.05) is 6.54 Å². The van der Waals surface area contributed by atoms with Gasteiger partial charge in [-0.25, -0.2) is 4.98 Å². The Bertz CT molecular complexity index is 657. The summed E-state index contributed by atoms with van der Waals surface area (Å²) in [4.78, 5) is 4.09. The van der Waals surface area contributed by atoms with Gasteiger partial charge in [0.1, 0.15) is 23.5 Å². The normalized spacial score (nSPS) is 11.2. The minimum Gasteiger partial charge on any atom is -0.461 e. The van der Waals surface area contributed by atoms with E-state index in [9.17, 15) is 0 Å². The largest absolute Gasteiger partial charge is 0.461 e. The molecule has 0 saturated carbocycles. The van der Waals surface area contributed by atoms with Gasteiger partial charge in [0.25, 0.3) is 0 Å². The Morgan fingerprint density at radius 2 is 2.21 bits per heavy atom. The van der Waals surface area contributed by atoms with Crippen LogP contribution in [0.4, 0.5) is 0 Å². The zero-order chi connectivity index (χ0) is 13.1. The molecule has 0 unspecified atom stereocenters. The van der Waals surface area contributed by atoms with E-state index in [1.165, 1.54) is 17.3 Å². The predicted molar refractivity (Wildman–Crippen MR) is 72.7 cm³/mol. The van der Waals surface area contributed by atoms with Crippen LogP contribution in [0.15, 0.2) is 35.0 Å². The quantitative estimate of drug-likeness (QED) is 0.687. The van der Waals surface area contributed by atoms with Crippen LogP contribution in [0.2, 0.25) is 0 Å². The van der Waals surface area contributed by atoms with E-state index in [0.29, 0.717) is 0 Å². The maximum Gasteiger partial charge on any atom is 0.137 e. The molecule has 0 fully saturated rings. The first-order valence-electron chi connectivity index (χ1n) is 6.36. The molecule has 3 rings (SSSR count). The summed E-state index contributed by atoms with van der Waals surface area (Å²) in [5.74, 6) is 1.88. The highest BCUT2D eigenvalue weighted by Crippen LogP contribution is 2.24. The Morgan fingerprint density at radius 1 is 1.32 bits per heavy atom. The van der Waals surface area contributed by atoms with Gasteiger partial charge >= 0.3 is 0 Å². The highest BCUT2D eigenvalue weighted by molar-refractivity contribution is 5.82. The van der Waals surface area contributed by atoms with E-state index >= 15 is 0 Å². The molecule has 0 aliphatic heterocycles. The van der Waals surface area contributed by atoms with Crippen molar-refractivity contribution in [3.63, 3.8) is 0 Å². The van der Waals surface area contributed by atoms with Gasteiger partial charge in [-0.3, -0.25) is 5.10 Å². The summed E-state index contributed by atoms with van der Waals surface area (Å²) in [6, 6.07) is 8.13. The van der Waals surface area contributed by atoms with E-state index < -0.39 is 0 Å². The van der Waals surface area contributed by atoms with Crippen molar-refractivity contribution < 1.29 is 4.42 Å². The summed E-state index contributed by atoms with van der Waals surface area (Å²) in [6.45, 7) is 3.67. The van der Waals surface area contributed by atoms with Crippen LogP contribution in [0.3, 0.4) is 0 Å². The Balaban J connectivity index is 1.63. The molecule has 98 valence electrons. The molecule has 19 heavy (non-hydrogen) atoms. The van der Waals surface area contributed by atoms with Crippen molar-refractivity contribution in [1.29, 1.82) is 0 Å². The Kier molecular flexibility index (Phi) is 3.29. The number of para-hydroxylation sites is 1. The van der Waals surface area contributed by atoms with Gasteiger partial charge in [-0.15, -0.1) is 0 Å². The number of benzene rings is 1. The molecule has 5 heteroatoms. The van der Waals surface area contributed by atoms with Crippen LogP contribution in [0.1, 0.15) is 17.1 Å². The highest BCUT2D eigenvalue weighted by atomic mass is 16.3. The molecular weight excluding hydrogens is 240 g/mol. The number of aryl methyl sites for hydroxylation is 1. The van der Waals surface area contributed by atoms with Crippen LogP contribution < -0.4 is 5.32 Å². The number of rotatable bonds is 5. The molecule has 2 heterocycles. The van der Waals surface area contributed by atoms with Crippen molar-refractivity contribution in [3.05, 3.63) is 47.7 Å². The monoisotopic (exact) mass is 256 g/mol. The maximum atomic E-state index is 5.73. The molecular formula is C14H16N4O. The second-order valence-electron chi connectivity index (χ2n) is 4.49. The number of nitrogens with one attached hydrogen (secondary N) is 2. The number of hydrogen-bond donors (Lipinski definition) is 2. The van der Waals surface area contributed by atoms with Crippen LogP contribution in [-0.2, 0) is 13.0 Å². The van der Waals surface area contributed by atoms with Crippen LogP contribution in [0.5, 0.6) is 0 Å². The van der Waals surface area contributed by atoms with Crippen LogP contribution >= 0.6 is 0 Å². The summed E-state index contributed by atoms with van der Waals surface area (Å²) >= 11 is 0. The van der Waals surface area contributed by atoms with Crippen molar-refractivity contribution in [1.82, 2.24) is 20.5 Å². The van der Waals surface area contributed by atoms with Crippen LogP contribution in [-0.4, -0.2) is 21.7 Å². The second-order valence-corrected chi connectivity index (χ2v) is 4.49. The lowest BCUT2D eigenvalue weighted by atomic mass is 10.1. The Labute approximate surface area is 111 Å². The lowest BCUT2D eigenvalue weighted by Crippen LogP contribution is -2.17. The zero-order valence-electron chi connectivity index (χ0n) is 10.8. The fourth-order valence-electron chi connectivity index (χ4n) is 2.21. The van der Waals surface area contributed by atoms with Gasteiger partial charge in [0.15, 0.2) is 0 Å². The molecule has 0 bridgehead atoms. The molecule has 0 aliphatic carbocycles. The smallest absolute Gasteiger partial charge is 0.137 e. The number of aromatic amines is 1. The van der Waals surface area contributed by atoms with E-state index in [1.54, 1.807) is 0 Å². The molecule has 5 nitrogen and oxygen atoms in total. The fourth-order valence-corrected chi connectivity index (χ4v) is 2.21. The zero-order valence-corrected chi connectivity index (χ0v) is 10.8. The van der Waals surface area contributed by atoms with Crippen molar-refractivity contribution in [2.45, 2.75) is 19.9 Å². The van der Waals surface area contributed by atoms with Crippen molar-refractivity contribution >= 4 is 11.0 Å². The molecule has 0 aliphatic rings. The molecule has 0 amide bonds. The van der Waals surface area contributed by atoms with Crippen molar-refractivity contribution in [3.8, 4) is 0 Å². The SMILES string of the molecule is Cc1oc2ccccc2c1CNCCc1ncn[nH]1. The molecule has 0 radical (unpaired) electrons. The van der Waals surface area contributed by atoms with Crippen LogP contribution in [0, 0.1) is 6.92 Å². The number of aromatic nitrogens is 3. The molecule has 2 aromatic heterocycles. The third-order valence-electron chi connectivity index (χ3n) is 3.21. The highest BCUT2D eigenvalue weighted by Gasteiger charge is 2.09. The van der Waals surface area contributed by atoms with Gasteiger partial charge in [-0.1, -0.05) is 18.2 Å². The lowest BCUT2D eigenvalue weighted by Gasteiger charge is -2.03. The molecule has 3 aromatic rings. The van der Waals surface area contributed by atoms with Crippen molar-refractivity contribution in [2.24, 2.45) is 0 Å². The van der Waals surface area contributed by atoms with Crippen LogP contribution in [0.25, 0.3) is 11.0 Å². The fraction of sp³-hybridized carbons (Fsp3) is 0.286. The summed E-state index contributed by atoms with van der Waals surface area (Å²) in [5.41, 5.74) is 2.18. The third kappa shape index (κ3) is 2.51. The molecule has 0 spiro atoms. The minimum atomic E-state index is 0.803. The third-order valence-corrected chi connectivity index (χ3v) is 3.21. The van der Waals surface area contributed by atoms with Gasteiger partial charge in [0, 0.05) is 30.5 Å². The molecule has 0 atom stereocenters. The summed E-state index contributed by atoms with van der Waals surface area (Å²) in [6.07, 6.45) is 2.37. The summed E-state index contributed by atoms with van der Waals surface area (Å²) in [7, 11) is 0. The summed E-state index contributed by atoms with van der Waals surface area (Å²) in [5, 5.41) is 11.3.